The van der Waals surface area contributed by atoms with Gasteiger partial charge in [-0.3, -0.25) is 15.1 Å². The van der Waals surface area contributed by atoms with Crippen molar-refractivity contribution in [3.05, 3.63) is 52.8 Å². The summed E-state index contributed by atoms with van der Waals surface area (Å²) in [7, 11) is 1.59. The van der Waals surface area contributed by atoms with E-state index in [4.69, 9.17) is 9.72 Å². The first kappa shape index (κ1) is 25.5. The van der Waals surface area contributed by atoms with Crippen LogP contribution in [-0.2, 0) is 13.6 Å². The minimum Gasteiger partial charge on any atom is -0.477 e. The van der Waals surface area contributed by atoms with E-state index in [1.165, 1.54) is 16.3 Å². The van der Waals surface area contributed by atoms with Crippen LogP contribution in [0, 0.1) is 18.8 Å². The van der Waals surface area contributed by atoms with E-state index in [9.17, 15) is 13.6 Å². The summed E-state index contributed by atoms with van der Waals surface area (Å²) in [5, 5.41) is 7.07. The van der Waals surface area contributed by atoms with Crippen molar-refractivity contribution in [3.63, 3.8) is 0 Å². The van der Waals surface area contributed by atoms with Gasteiger partial charge in [-0.05, 0) is 73.8 Å². The number of nitrogens with one attached hydrogen (secondary N) is 1. The van der Waals surface area contributed by atoms with E-state index >= 15 is 0 Å². The highest BCUT2D eigenvalue weighted by atomic mass is 19.3. The molecule has 4 aromatic rings. The lowest BCUT2D eigenvalue weighted by Crippen LogP contribution is -2.18. The summed E-state index contributed by atoms with van der Waals surface area (Å²) in [4.78, 5) is 22.9. The molecule has 4 heterocycles. The second-order valence-electron chi connectivity index (χ2n) is 11.1. The number of nitrogens with zero attached hydrogens (tertiary/aromatic N) is 5. The van der Waals surface area contributed by atoms with Crippen LogP contribution in [0.1, 0.15) is 72.8 Å². The number of imidazole rings is 1. The molecule has 0 spiro atoms. The first-order chi connectivity index (χ1) is 18.7. The number of carbonyl (C=O) groups is 1. The Kier molecular flexibility index (Phi) is 6.35. The number of aryl methyl sites for hydroxylation is 2. The number of aromatic nitrogens is 5. The Morgan fingerprint density at radius 1 is 1.10 bits per heavy atom. The quantitative estimate of drug-likeness (QED) is 0.328. The highest BCUT2D eigenvalue weighted by Gasteiger charge is 2.31. The van der Waals surface area contributed by atoms with Gasteiger partial charge in [-0.25, -0.2) is 18.4 Å². The molecule has 10 heteroatoms. The monoisotopic (exact) mass is 534 g/mol. The van der Waals surface area contributed by atoms with Crippen LogP contribution in [0.2, 0.25) is 0 Å². The van der Waals surface area contributed by atoms with Crippen molar-refractivity contribution in [2.45, 2.75) is 58.9 Å². The Balaban J connectivity index is 1.50. The highest BCUT2D eigenvalue weighted by molar-refractivity contribution is 6.05. The topological polar surface area (TPSA) is 86.9 Å². The number of amides is 1. The van der Waals surface area contributed by atoms with Crippen LogP contribution in [-0.4, -0.2) is 36.8 Å². The summed E-state index contributed by atoms with van der Waals surface area (Å²) in [6.07, 6.45) is 0.0805. The zero-order valence-electron chi connectivity index (χ0n) is 22.5. The summed E-state index contributed by atoms with van der Waals surface area (Å²) < 4.78 is 37.8. The van der Waals surface area contributed by atoms with E-state index in [-0.39, 0.29) is 29.0 Å². The van der Waals surface area contributed by atoms with Crippen molar-refractivity contribution in [2.24, 2.45) is 18.9 Å². The maximum atomic E-state index is 14.1. The van der Waals surface area contributed by atoms with Crippen molar-refractivity contribution in [1.82, 2.24) is 24.3 Å². The molecular formula is C29H32F2N6O2. The van der Waals surface area contributed by atoms with Crippen molar-refractivity contribution < 1.29 is 18.3 Å². The number of carbonyl (C=O) groups excluding carboxylic acids is 1. The molecule has 4 bridgehead atoms. The lowest BCUT2D eigenvalue weighted by atomic mass is 10.0. The smallest absolute Gasteiger partial charge is 0.282 e. The van der Waals surface area contributed by atoms with Crippen LogP contribution in [0.4, 0.5) is 14.7 Å². The van der Waals surface area contributed by atoms with Crippen LogP contribution >= 0.6 is 0 Å². The molecule has 0 saturated heterocycles. The Labute approximate surface area is 225 Å². The number of halogens is 2. The van der Waals surface area contributed by atoms with Crippen molar-refractivity contribution in [3.8, 4) is 17.1 Å². The highest BCUT2D eigenvalue weighted by Crippen LogP contribution is 2.40. The normalized spacial score (nSPS) is 19.4. The van der Waals surface area contributed by atoms with Crippen LogP contribution in [0.5, 0.6) is 5.88 Å². The standard InChI is InChI=1S/C29H32F2N6O2/c1-15(2)19-7-8-21-23(12-19)37-13-17-5-6-18(10-17)14-39-28-24(25(26(30)31)35-36(28)4)22-11-20(9-16(3)32-22)27(38)34-29(37)33-21/h7-9,11-12,15,17-18,26H,5-6,10,13-14H2,1-4H3,(H,33,34,38)/t17-,18+/m1/s1. The fourth-order valence-electron chi connectivity index (χ4n) is 5.92. The maximum Gasteiger partial charge on any atom is 0.282 e. The molecule has 1 saturated carbocycles. The SMILES string of the molecule is Cc1cc2cc(n1)-c1c(C(F)F)nn(C)c1OC[C@H]1CC[C@H](C1)Cn1c(nc3ccc(C(C)C)cc31)NC2=O. The second kappa shape index (κ2) is 9.73. The van der Waals surface area contributed by atoms with Gasteiger partial charge < -0.3 is 9.30 Å². The van der Waals surface area contributed by atoms with Gasteiger partial charge in [-0.1, -0.05) is 19.9 Å². The van der Waals surface area contributed by atoms with E-state index in [2.05, 4.69) is 45.9 Å². The molecule has 3 aromatic heterocycles. The number of hydrogen-bond acceptors (Lipinski definition) is 5. The van der Waals surface area contributed by atoms with Crippen LogP contribution < -0.4 is 10.1 Å². The fourth-order valence-corrected chi connectivity index (χ4v) is 5.92. The maximum absolute atomic E-state index is 14.1. The fraction of sp³-hybridized carbons (Fsp3) is 0.448. The van der Waals surface area contributed by atoms with E-state index in [1.54, 1.807) is 20.0 Å². The first-order valence-electron chi connectivity index (χ1n) is 13.5. The molecule has 1 aromatic carbocycles. The van der Waals surface area contributed by atoms with Crippen LogP contribution in [0.25, 0.3) is 22.3 Å². The Bertz CT molecular complexity index is 1570. The van der Waals surface area contributed by atoms with Crippen LogP contribution in [0.15, 0.2) is 30.3 Å². The zero-order chi connectivity index (χ0) is 27.4. The van der Waals surface area contributed by atoms with Gasteiger partial charge in [0.25, 0.3) is 12.3 Å². The molecule has 2 aliphatic rings. The molecule has 1 amide bonds. The molecule has 6 rings (SSSR count). The summed E-state index contributed by atoms with van der Waals surface area (Å²) >= 11 is 0. The largest absolute Gasteiger partial charge is 0.477 e. The van der Waals surface area contributed by atoms with E-state index in [0.717, 1.165) is 36.8 Å². The van der Waals surface area contributed by atoms with Gasteiger partial charge in [0.15, 0.2) is 0 Å². The predicted octanol–water partition coefficient (Wildman–Crippen LogP) is 6.26. The number of anilines is 1. The third-order valence-corrected chi connectivity index (χ3v) is 7.91. The van der Waals surface area contributed by atoms with Crippen molar-refractivity contribution in [1.29, 1.82) is 0 Å². The molecule has 39 heavy (non-hydrogen) atoms. The summed E-state index contributed by atoms with van der Waals surface area (Å²) in [6.45, 7) is 7.16. The molecule has 1 fully saturated rings. The average molecular weight is 535 g/mol. The minimum absolute atomic E-state index is 0.128. The number of rotatable bonds is 2. The molecule has 0 radical (unpaired) electrons. The zero-order valence-corrected chi connectivity index (χ0v) is 22.5. The van der Waals surface area contributed by atoms with Crippen molar-refractivity contribution in [2.75, 3.05) is 11.9 Å². The number of fused-ring (bicyclic) bond motifs is 9. The van der Waals surface area contributed by atoms with E-state index in [1.807, 2.05) is 6.07 Å². The number of hydrogen-bond donors (Lipinski definition) is 1. The Hall–Kier alpha value is -3.82. The molecule has 204 valence electrons. The lowest BCUT2D eigenvalue weighted by Gasteiger charge is -2.16. The number of pyridine rings is 1. The Morgan fingerprint density at radius 3 is 2.67 bits per heavy atom. The number of benzene rings is 1. The van der Waals surface area contributed by atoms with E-state index < -0.39 is 12.1 Å². The van der Waals surface area contributed by atoms with E-state index in [0.29, 0.717) is 35.6 Å². The van der Waals surface area contributed by atoms with Gasteiger partial charge in [0.1, 0.15) is 5.69 Å². The third kappa shape index (κ3) is 4.66. The Morgan fingerprint density at radius 2 is 1.90 bits per heavy atom. The minimum atomic E-state index is -2.82. The number of alkyl halides is 2. The molecule has 1 aliphatic carbocycles. The number of ether oxygens (including phenoxy) is 1. The average Bonchev–Trinajstić information content (AvgIpc) is 3.57. The van der Waals surface area contributed by atoms with Crippen LogP contribution in [0.3, 0.4) is 0 Å². The van der Waals surface area contributed by atoms with Gasteiger partial charge in [0.2, 0.25) is 11.8 Å². The van der Waals surface area contributed by atoms with Gasteiger partial charge in [-0.2, -0.15) is 5.10 Å². The van der Waals surface area contributed by atoms with Gasteiger partial charge in [0.05, 0.1) is 28.9 Å². The molecule has 1 N–H and O–H groups in total. The molecule has 0 unspecified atom stereocenters. The van der Waals surface area contributed by atoms with Gasteiger partial charge in [0, 0.05) is 24.8 Å². The molecule has 1 aliphatic heterocycles. The lowest BCUT2D eigenvalue weighted by molar-refractivity contribution is 0.102. The van der Waals surface area contributed by atoms with Gasteiger partial charge in [-0.15, -0.1) is 0 Å². The van der Waals surface area contributed by atoms with Crippen molar-refractivity contribution >= 4 is 22.9 Å². The molecular weight excluding hydrogens is 502 g/mol. The third-order valence-electron chi connectivity index (χ3n) is 7.91. The molecule has 8 nitrogen and oxygen atoms in total. The second-order valence-corrected chi connectivity index (χ2v) is 11.1. The summed E-state index contributed by atoms with van der Waals surface area (Å²) in [6, 6.07) is 9.41. The summed E-state index contributed by atoms with van der Waals surface area (Å²) in [5.74, 6) is 1.35. The predicted molar refractivity (Wildman–Crippen MR) is 144 cm³/mol. The summed E-state index contributed by atoms with van der Waals surface area (Å²) in [5.41, 5.74) is 3.79. The molecule has 2 atom stereocenters. The first-order valence-corrected chi connectivity index (χ1v) is 13.5. The van der Waals surface area contributed by atoms with Gasteiger partial charge >= 0.3 is 0 Å².